The van der Waals surface area contributed by atoms with Crippen molar-refractivity contribution in [3.05, 3.63) is 28.5 Å². The van der Waals surface area contributed by atoms with Gasteiger partial charge in [-0.05, 0) is 24.4 Å². The molecule has 0 aliphatic heterocycles. The smallest absolute Gasteiger partial charge is 0.238 e. The van der Waals surface area contributed by atoms with Gasteiger partial charge in [-0.15, -0.1) is 0 Å². The first kappa shape index (κ1) is 11.1. The van der Waals surface area contributed by atoms with Crippen molar-refractivity contribution >= 4 is 24.4 Å². The third kappa shape index (κ3) is 2.82. The maximum absolute atomic E-state index is 9.47. The SMILES string of the molecule is Oc1ccc(/C=N\Nc2nc(=S)[nH][nH]2)c(O)c1. The van der Waals surface area contributed by atoms with Crippen molar-refractivity contribution in [3.8, 4) is 11.5 Å². The molecule has 7 nitrogen and oxygen atoms in total. The minimum atomic E-state index is -0.0643. The molecule has 0 aliphatic carbocycles. The highest BCUT2D eigenvalue weighted by atomic mass is 32.1. The van der Waals surface area contributed by atoms with E-state index >= 15 is 0 Å². The Morgan fingerprint density at radius 3 is 2.82 bits per heavy atom. The summed E-state index contributed by atoms with van der Waals surface area (Å²) < 4.78 is 0.315. The van der Waals surface area contributed by atoms with Crippen molar-refractivity contribution in [1.82, 2.24) is 15.2 Å². The number of aromatic nitrogens is 3. The van der Waals surface area contributed by atoms with Crippen LogP contribution in [0.15, 0.2) is 23.3 Å². The number of phenolic OH excluding ortho intramolecular Hbond substituents is 2. The molecule has 8 heteroatoms. The number of nitrogens with one attached hydrogen (secondary N) is 3. The number of benzene rings is 1. The number of nitrogens with zero attached hydrogens (tertiary/aromatic N) is 2. The Morgan fingerprint density at radius 2 is 2.18 bits per heavy atom. The number of hydrogen-bond donors (Lipinski definition) is 5. The molecule has 1 heterocycles. The molecule has 0 spiro atoms. The second-order valence-electron chi connectivity index (χ2n) is 3.13. The average molecular weight is 251 g/mol. The molecule has 0 saturated heterocycles. The summed E-state index contributed by atoms with van der Waals surface area (Å²) in [6.07, 6.45) is 1.39. The molecule has 0 unspecified atom stereocenters. The molecule has 88 valence electrons. The van der Waals surface area contributed by atoms with Gasteiger partial charge in [0.1, 0.15) is 11.5 Å². The van der Waals surface area contributed by atoms with Crippen molar-refractivity contribution in [1.29, 1.82) is 0 Å². The van der Waals surface area contributed by atoms with E-state index in [1.807, 2.05) is 0 Å². The van der Waals surface area contributed by atoms with E-state index in [-0.39, 0.29) is 11.5 Å². The second-order valence-corrected chi connectivity index (χ2v) is 3.52. The number of phenols is 2. The summed E-state index contributed by atoms with van der Waals surface area (Å²) in [5, 5.41) is 27.6. The van der Waals surface area contributed by atoms with Crippen LogP contribution in [0.4, 0.5) is 5.95 Å². The van der Waals surface area contributed by atoms with Crippen LogP contribution in [0, 0.1) is 4.77 Å². The normalized spacial score (nSPS) is 10.8. The predicted molar refractivity (Wildman–Crippen MR) is 64.8 cm³/mol. The maximum atomic E-state index is 9.47. The molecule has 0 atom stereocenters. The van der Waals surface area contributed by atoms with Gasteiger partial charge in [-0.3, -0.25) is 10.2 Å². The van der Waals surface area contributed by atoms with Gasteiger partial charge in [-0.2, -0.15) is 10.1 Å². The Kier molecular flexibility index (Phi) is 3.06. The fourth-order valence-electron chi connectivity index (χ4n) is 1.13. The zero-order valence-corrected chi connectivity index (χ0v) is 9.32. The van der Waals surface area contributed by atoms with Gasteiger partial charge in [0.05, 0.1) is 6.21 Å². The molecular formula is C9H9N5O2S. The number of hydrazone groups is 1. The fourth-order valence-corrected chi connectivity index (χ4v) is 1.27. The lowest BCUT2D eigenvalue weighted by atomic mass is 10.2. The first-order valence-electron chi connectivity index (χ1n) is 4.61. The minimum Gasteiger partial charge on any atom is -0.508 e. The lowest BCUT2D eigenvalue weighted by Crippen LogP contribution is -1.92. The highest BCUT2D eigenvalue weighted by molar-refractivity contribution is 7.71. The van der Waals surface area contributed by atoms with Crippen LogP contribution in [0.2, 0.25) is 0 Å². The predicted octanol–water partition coefficient (Wildman–Crippen LogP) is 1.32. The molecule has 0 amide bonds. The molecule has 1 aromatic heterocycles. The number of aromatic amines is 2. The molecular weight excluding hydrogens is 242 g/mol. The van der Waals surface area contributed by atoms with Crippen LogP contribution >= 0.6 is 12.2 Å². The van der Waals surface area contributed by atoms with Gasteiger partial charge >= 0.3 is 0 Å². The summed E-state index contributed by atoms with van der Waals surface area (Å²) in [5.41, 5.74) is 3.05. The van der Waals surface area contributed by atoms with Gasteiger partial charge in [0.25, 0.3) is 0 Å². The summed E-state index contributed by atoms with van der Waals surface area (Å²) >= 11 is 4.75. The van der Waals surface area contributed by atoms with Crippen LogP contribution in [-0.4, -0.2) is 31.6 Å². The molecule has 2 rings (SSSR count). The fraction of sp³-hybridized carbons (Fsp3) is 0. The van der Waals surface area contributed by atoms with Crippen LogP contribution < -0.4 is 5.43 Å². The maximum Gasteiger partial charge on any atom is 0.238 e. The van der Waals surface area contributed by atoms with Gasteiger partial charge in [0, 0.05) is 11.6 Å². The van der Waals surface area contributed by atoms with E-state index in [0.29, 0.717) is 16.3 Å². The highest BCUT2D eigenvalue weighted by Crippen LogP contribution is 2.20. The first-order valence-corrected chi connectivity index (χ1v) is 5.02. The van der Waals surface area contributed by atoms with Crippen molar-refractivity contribution in [2.24, 2.45) is 5.10 Å². The van der Waals surface area contributed by atoms with Crippen LogP contribution in [0.5, 0.6) is 11.5 Å². The Balaban J connectivity index is 2.08. The summed E-state index contributed by atoms with van der Waals surface area (Å²) in [4.78, 5) is 3.85. The minimum absolute atomic E-state index is 0.0102. The van der Waals surface area contributed by atoms with E-state index in [0.717, 1.165) is 0 Å². The van der Waals surface area contributed by atoms with E-state index < -0.39 is 0 Å². The van der Waals surface area contributed by atoms with Crippen LogP contribution in [0.25, 0.3) is 0 Å². The van der Waals surface area contributed by atoms with Crippen molar-refractivity contribution in [2.45, 2.75) is 0 Å². The Bertz CT molecular complexity index is 603. The zero-order valence-electron chi connectivity index (χ0n) is 8.51. The second kappa shape index (κ2) is 4.66. The van der Waals surface area contributed by atoms with Crippen molar-refractivity contribution < 1.29 is 10.2 Å². The molecule has 0 aliphatic rings. The van der Waals surface area contributed by atoms with Crippen LogP contribution in [-0.2, 0) is 0 Å². The summed E-state index contributed by atoms with van der Waals surface area (Å²) in [5.74, 6) is 0.291. The first-order chi connectivity index (χ1) is 8.15. The van der Waals surface area contributed by atoms with Gasteiger partial charge < -0.3 is 10.2 Å². The largest absolute Gasteiger partial charge is 0.508 e. The number of anilines is 1. The number of hydrogen-bond acceptors (Lipinski definition) is 6. The quantitative estimate of drug-likeness (QED) is 0.321. The summed E-state index contributed by atoms with van der Waals surface area (Å²) in [6.45, 7) is 0. The van der Waals surface area contributed by atoms with Gasteiger partial charge in [0.2, 0.25) is 10.7 Å². The third-order valence-electron chi connectivity index (χ3n) is 1.89. The van der Waals surface area contributed by atoms with Crippen molar-refractivity contribution in [3.63, 3.8) is 0 Å². The average Bonchev–Trinajstić information content (AvgIpc) is 2.68. The molecule has 17 heavy (non-hydrogen) atoms. The molecule has 1 aromatic carbocycles. The zero-order chi connectivity index (χ0) is 12.3. The molecule has 0 bridgehead atoms. The van der Waals surface area contributed by atoms with Gasteiger partial charge in [-0.1, -0.05) is 0 Å². The topological polar surface area (TPSA) is 109 Å². The van der Waals surface area contributed by atoms with E-state index in [1.165, 1.54) is 24.4 Å². The standard InChI is InChI=1S/C9H9N5O2S/c15-6-2-1-5(7(16)3-6)4-10-12-8-11-9(17)14-13-8/h1-4,15-16H,(H3,11,12,13,14,17)/b10-4-. The Hall–Kier alpha value is -2.35. The summed E-state index contributed by atoms with van der Waals surface area (Å²) in [7, 11) is 0. The third-order valence-corrected chi connectivity index (χ3v) is 2.08. The molecule has 0 fully saturated rings. The van der Waals surface area contributed by atoms with E-state index in [1.54, 1.807) is 0 Å². The molecule has 0 saturated carbocycles. The molecule has 2 aromatic rings. The van der Waals surface area contributed by atoms with Crippen molar-refractivity contribution in [2.75, 3.05) is 5.43 Å². The molecule has 5 N–H and O–H groups in total. The number of aromatic hydroxyl groups is 2. The Morgan fingerprint density at radius 1 is 1.35 bits per heavy atom. The van der Waals surface area contributed by atoms with E-state index in [2.05, 4.69) is 25.7 Å². The van der Waals surface area contributed by atoms with E-state index in [4.69, 9.17) is 17.3 Å². The van der Waals surface area contributed by atoms with Gasteiger partial charge in [0.15, 0.2) is 0 Å². The van der Waals surface area contributed by atoms with Gasteiger partial charge in [-0.25, -0.2) is 5.43 Å². The number of H-pyrrole nitrogens is 2. The summed E-state index contributed by atoms with van der Waals surface area (Å²) in [6, 6.07) is 4.20. The van der Waals surface area contributed by atoms with Crippen LogP contribution in [0.1, 0.15) is 5.56 Å². The lowest BCUT2D eigenvalue weighted by molar-refractivity contribution is 0.450. The Labute approximate surface area is 101 Å². The number of rotatable bonds is 3. The molecule has 0 radical (unpaired) electrons. The highest BCUT2D eigenvalue weighted by Gasteiger charge is 1.99. The monoisotopic (exact) mass is 251 g/mol. The van der Waals surface area contributed by atoms with Crippen LogP contribution in [0.3, 0.4) is 0 Å². The van der Waals surface area contributed by atoms with E-state index in [9.17, 15) is 5.11 Å². The lowest BCUT2D eigenvalue weighted by Gasteiger charge is -1.98.